The van der Waals surface area contributed by atoms with Gasteiger partial charge in [0.15, 0.2) is 0 Å². The molecule has 0 aromatic carbocycles. The summed E-state index contributed by atoms with van der Waals surface area (Å²) in [6.07, 6.45) is 8.49. The standard InChI is InChI=1S/C21H34S2Si2/c1-7-8-9-10-11-12-13-25(6)17-14-16(2)22-20(17)21-18(25)15-19(23-21)24(3,4)5/h14-15H,7-13H2,1-6H3. The van der Waals surface area contributed by atoms with E-state index in [4.69, 9.17) is 0 Å². The predicted molar refractivity (Wildman–Crippen MR) is 124 cm³/mol. The molecule has 0 nitrogen and oxygen atoms in total. The van der Waals surface area contributed by atoms with Crippen molar-refractivity contribution in [2.75, 3.05) is 0 Å². The van der Waals surface area contributed by atoms with E-state index in [1.807, 2.05) is 0 Å². The summed E-state index contributed by atoms with van der Waals surface area (Å²) in [5.74, 6) is 0. The van der Waals surface area contributed by atoms with Gasteiger partial charge in [-0.25, -0.2) is 0 Å². The van der Waals surface area contributed by atoms with Crippen LogP contribution in [0, 0.1) is 6.92 Å². The Morgan fingerprint density at radius 1 is 0.880 bits per heavy atom. The molecule has 0 aliphatic carbocycles. The molecule has 0 saturated carbocycles. The molecule has 2 aromatic heterocycles. The average Bonchev–Trinajstić information content (AvgIpc) is 3.17. The number of hydrogen-bond donors (Lipinski definition) is 0. The summed E-state index contributed by atoms with van der Waals surface area (Å²) in [6, 6.07) is 6.67. The van der Waals surface area contributed by atoms with Gasteiger partial charge in [0.1, 0.15) is 8.07 Å². The minimum Gasteiger partial charge on any atom is -0.144 e. The average molecular weight is 407 g/mol. The fourth-order valence-electron chi connectivity index (χ4n) is 4.11. The van der Waals surface area contributed by atoms with Crippen molar-refractivity contribution >= 4 is 53.7 Å². The van der Waals surface area contributed by atoms with E-state index >= 15 is 0 Å². The molecule has 1 unspecified atom stereocenters. The number of thiophene rings is 2. The first-order valence-corrected chi connectivity index (χ1v) is 17.9. The zero-order valence-corrected chi connectivity index (χ0v) is 20.6. The summed E-state index contributed by atoms with van der Waals surface area (Å²) in [4.78, 5) is 4.84. The lowest BCUT2D eigenvalue weighted by Crippen LogP contribution is -2.52. The molecule has 1 atom stereocenters. The highest BCUT2D eigenvalue weighted by Gasteiger charge is 2.44. The third-order valence-electron chi connectivity index (χ3n) is 5.75. The van der Waals surface area contributed by atoms with Gasteiger partial charge in [0.2, 0.25) is 0 Å². The minimum atomic E-state index is -1.49. The first-order valence-electron chi connectivity index (χ1n) is 10.0. The molecule has 0 amide bonds. The molecule has 0 saturated heterocycles. The van der Waals surface area contributed by atoms with Crippen molar-refractivity contribution in [2.24, 2.45) is 0 Å². The molecule has 0 spiro atoms. The van der Waals surface area contributed by atoms with Crippen LogP contribution < -0.4 is 14.9 Å². The Morgan fingerprint density at radius 2 is 1.48 bits per heavy atom. The molecule has 0 fully saturated rings. The van der Waals surface area contributed by atoms with Gasteiger partial charge in [0, 0.05) is 14.6 Å². The van der Waals surface area contributed by atoms with Crippen molar-refractivity contribution in [3.05, 3.63) is 17.0 Å². The Balaban J connectivity index is 1.85. The molecule has 2 aromatic rings. The first kappa shape index (κ1) is 19.6. The van der Waals surface area contributed by atoms with Crippen LogP contribution in [0.2, 0.25) is 32.2 Å². The van der Waals surface area contributed by atoms with Gasteiger partial charge in [-0.15, -0.1) is 22.7 Å². The number of unbranched alkanes of at least 4 members (excludes halogenated alkanes) is 5. The van der Waals surface area contributed by atoms with Crippen LogP contribution in [-0.4, -0.2) is 16.1 Å². The van der Waals surface area contributed by atoms with Gasteiger partial charge in [0.25, 0.3) is 0 Å². The maximum atomic E-state index is 2.66. The van der Waals surface area contributed by atoms with E-state index in [1.54, 1.807) is 24.6 Å². The Labute approximate surface area is 164 Å². The van der Waals surface area contributed by atoms with Gasteiger partial charge >= 0.3 is 0 Å². The molecule has 0 radical (unpaired) electrons. The van der Waals surface area contributed by atoms with Crippen LogP contribution in [0.15, 0.2) is 12.1 Å². The van der Waals surface area contributed by atoms with E-state index in [0.29, 0.717) is 0 Å². The maximum absolute atomic E-state index is 2.66. The summed E-state index contributed by atoms with van der Waals surface area (Å²) in [7, 11) is -2.70. The fraction of sp³-hybridized carbons (Fsp3) is 0.619. The SMILES string of the molecule is CCCCCCCC[Si]1(C)c2cc(C)sc2-c2sc([Si](C)(C)C)cc21. The van der Waals surface area contributed by atoms with E-state index in [1.165, 1.54) is 49.4 Å². The molecule has 25 heavy (non-hydrogen) atoms. The fourth-order valence-corrected chi connectivity index (χ4v) is 14.3. The van der Waals surface area contributed by atoms with E-state index < -0.39 is 16.1 Å². The van der Waals surface area contributed by atoms with Gasteiger partial charge in [0.05, 0.1) is 8.07 Å². The molecule has 0 bridgehead atoms. The molecule has 4 heteroatoms. The normalized spacial score (nSPS) is 19.3. The predicted octanol–water partition coefficient (Wildman–Crippen LogP) is 6.20. The van der Waals surface area contributed by atoms with E-state index in [-0.39, 0.29) is 0 Å². The van der Waals surface area contributed by atoms with Crippen molar-refractivity contribution in [3.8, 4) is 9.75 Å². The molecule has 138 valence electrons. The van der Waals surface area contributed by atoms with Crippen molar-refractivity contribution < 1.29 is 0 Å². The molecule has 0 N–H and O–H groups in total. The smallest absolute Gasteiger partial charge is 0.119 e. The summed E-state index contributed by atoms with van der Waals surface area (Å²) in [6.45, 7) is 14.8. The van der Waals surface area contributed by atoms with Crippen LogP contribution in [0.25, 0.3) is 9.75 Å². The van der Waals surface area contributed by atoms with Crippen molar-refractivity contribution in [2.45, 2.75) is 84.6 Å². The van der Waals surface area contributed by atoms with Crippen LogP contribution >= 0.6 is 22.7 Å². The van der Waals surface area contributed by atoms with Crippen LogP contribution in [0.3, 0.4) is 0 Å². The zero-order chi connectivity index (χ0) is 18.2. The topological polar surface area (TPSA) is 0 Å². The Bertz CT molecular complexity index is 736. The summed E-state index contributed by atoms with van der Waals surface area (Å²) >= 11 is 4.20. The van der Waals surface area contributed by atoms with Crippen molar-refractivity contribution in [1.82, 2.24) is 0 Å². The number of aryl methyl sites for hydroxylation is 1. The first-order chi connectivity index (χ1) is 11.8. The highest BCUT2D eigenvalue weighted by Crippen LogP contribution is 2.39. The molecule has 3 heterocycles. The zero-order valence-electron chi connectivity index (χ0n) is 16.9. The van der Waals surface area contributed by atoms with Gasteiger partial charge in [-0.2, -0.15) is 0 Å². The van der Waals surface area contributed by atoms with E-state index in [0.717, 1.165) is 0 Å². The second-order valence-corrected chi connectivity index (χ2v) is 21.0. The van der Waals surface area contributed by atoms with Crippen molar-refractivity contribution in [1.29, 1.82) is 0 Å². The Hall–Kier alpha value is -0.166. The Kier molecular flexibility index (Phi) is 5.84. The third kappa shape index (κ3) is 3.78. The van der Waals surface area contributed by atoms with Gasteiger partial charge in [-0.3, -0.25) is 0 Å². The lowest BCUT2D eigenvalue weighted by Gasteiger charge is -2.24. The van der Waals surface area contributed by atoms with Crippen LogP contribution in [0.1, 0.15) is 50.3 Å². The largest absolute Gasteiger partial charge is 0.144 e. The van der Waals surface area contributed by atoms with Gasteiger partial charge in [-0.05, 0) is 33.9 Å². The quantitative estimate of drug-likeness (QED) is 0.362. The highest BCUT2D eigenvalue weighted by atomic mass is 32.1. The maximum Gasteiger partial charge on any atom is 0.119 e. The summed E-state index contributed by atoms with van der Waals surface area (Å²) in [5.41, 5.74) is 0. The molecular formula is C21H34S2Si2. The minimum absolute atomic E-state index is 1.21. The van der Waals surface area contributed by atoms with E-state index in [9.17, 15) is 0 Å². The van der Waals surface area contributed by atoms with Crippen LogP contribution in [-0.2, 0) is 0 Å². The molecule has 1 aliphatic heterocycles. The number of hydrogen-bond acceptors (Lipinski definition) is 2. The Morgan fingerprint density at radius 3 is 2.16 bits per heavy atom. The van der Waals surface area contributed by atoms with Crippen LogP contribution in [0.4, 0.5) is 0 Å². The lowest BCUT2D eigenvalue weighted by atomic mass is 10.1. The third-order valence-corrected chi connectivity index (χ3v) is 16.6. The van der Waals surface area contributed by atoms with E-state index in [2.05, 4.69) is 74.8 Å². The monoisotopic (exact) mass is 406 g/mol. The number of fused-ring (bicyclic) bond motifs is 3. The van der Waals surface area contributed by atoms with Gasteiger partial charge < -0.3 is 0 Å². The second-order valence-electron chi connectivity index (χ2n) is 9.05. The second kappa shape index (κ2) is 7.45. The summed E-state index contributed by atoms with van der Waals surface area (Å²) < 4.78 is 1.72. The lowest BCUT2D eigenvalue weighted by molar-refractivity contribution is 0.623. The molecule has 1 aliphatic rings. The van der Waals surface area contributed by atoms with Gasteiger partial charge in [-0.1, -0.05) is 77.7 Å². The summed E-state index contributed by atoms with van der Waals surface area (Å²) in [5, 5.41) is 3.57. The van der Waals surface area contributed by atoms with Crippen LogP contribution in [0.5, 0.6) is 0 Å². The number of rotatable bonds is 8. The van der Waals surface area contributed by atoms with Crippen molar-refractivity contribution in [3.63, 3.8) is 0 Å². The molecular weight excluding hydrogens is 373 g/mol. The molecule has 3 rings (SSSR count). The highest BCUT2D eigenvalue weighted by molar-refractivity contribution is 7.35.